The summed E-state index contributed by atoms with van der Waals surface area (Å²) in [5.41, 5.74) is 1.19. The first-order valence-electron chi connectivity index (χ1n) is 6.26. The van der Waals surface area contributed by atoms with E-state index in [2.05, 4.69) is 9.97 Å². The van der Waals surface area contributed by atoms with E-state index in [1.807, 2.05) is 6.07 Å². The minimum Gasteiger partial charge on any atom is -0.493 e. The molecule has 0 atom stereocenters. The summed E-state index contributed by atoms with van der Waals surface area (Å²) in [5.74, 6) is -0.892. The van der Waals surface area contributed by atoms with E-state index in [1.165, 1.54) is 24.3 Å². The molecule has 0 aliphatic rings. The highest BCUT2D eigenvalue weighted by molar-refractivity contribution is 5.74. The van der Waals surface area contributed by atoms with Crippen LogP contribution in [0.15, 0.2) is 54.6 Å². The van der Waals surface area contributed by atoms with Crippen molar-refractivity contribution in [3.63, 3.8) is 0 Å². The molecule has 0 radical (unpaired) electrons. The van der Waals surface area contributed by atoms with Crippen molar-refractivity contribution in [2.24, 2.45) is 0 Å². The monoisotopic (exact) mass is 282 g/mol. The van der Waals surface area contributed by atoms with Crippen molar-refractivity contribution in [2.45, 2.75) is 0 Å². The van der Waals surface area contributed by atoms with Crippen molar-refractivity contribution in [1.82, 2.24) is 9.97 Å². The predicted molar refractivity (Wildman–Crippen MR) is 76.2 cm³/mol. The first-order chi connectivity index (χ1) is 10.1. The lowest BCUT2D eigenvalue weighted by molar-refractivity contribution is 0.427. The van der Waals surface area contributed by atoms with E-state index in [9.17, 15) is 14.6 Å². The maximum atomic E-state index is 12.9. The third kappa shape index (κ3) is 2.53. The molecule has 0 fully saturated rings. The van der Waals surface area contributed by atoms with E-state index < -0.39 is 5.82 Å². The molecule has 3 rings (SSSR count). The first kappa shape index (κ1) is 13.1. The van der Waals surface area contributed by atoms with E-state index in [0.717, 1.165) is 0 Å². The summed E-state index contributed by atoms with van der Waals surface area (Å²) in [7, 11) is 0. The molecule has 0 aliphatic carbocycles. The van der Waals surface area contributed by atoms with Gasteiger partial charge < -0.3 is 10.2 Å². The van der Waals surface area contributed by atoms with E-state index in [0.29, 0.717) is 11.1 Å². The second-order valence-electron chi connectivity index (χ2n) is 4.44. The third-order valence-corrected chi connectivity index (χ3v) is 3.04. The Kier molecular flexibility index (Phi) is 3.23. The molecule has 2 N–H and O–H groups in total. The molecule has 4 nitrogen and oxygen atoms in total. The summed E-state index contributed by atoms with van der Waals surface area (Å²) in [6, 6.07) is 14.3. The molecule has 5 heteroatoms. The summed E-state index contributed by atoms with van der Waals surface area (Å²) in [5, 5.41) is 20.1. The Balaban J connectivity index is 2.11. The van der Waals surface area contributed by atoms with E-state index in [-0.39, 0.29) is 23.1 Å². The molecule has 2 aromatic carbocycles. The van der Waals surface area contributed by atoms with E-state index in [4.69, 9.17) is 0 Å². The number of nitrogens with zero attached hydrogens (tertiary/aromatic N) is 2. The number of benzene rings is 2. The minimum atomic E-state index is -0.403. The van der Waals surface area contributed by atoms with Gasteiger partial charge in [-0.2, -0.15) is 9.97 Å². The number of rotatable bonds is 2. The van der Waals surface area contributed by atoms with Gasteiger partial charge in [-0.25, -0.2) is 4.39 Å². The number of hydrogen-bond donors (Lipinski definition) is 2. The summed E-state index contributed by atoms with van der Waals surface area (Å²) in [4.78, 5) is 7.99. The van der Waals surface area contributed by atoms with Crippen LogP contribution in [0, 0.1) is 5.82 Å². The van der Waals surface area contributed by atoms with Crippen molar-refractivity contribution in [1.29, 1.82) is 0 Å². The molecule has 0 aliphatic heterocycles. The summed E-state index contributed by atoms with van der Waals surface area (Å²) in [6.45, 7) is 0. The van der Waals surface area contributed by atoms with Crippen LogP contribution in [0.3, 0.4) is 0 Å². The van der Waals surface area contributed by atoms with Gasteiger partial charge in [-0.05, 0) is 17.7 Å². The van der Waals surface area contributed by atoms with Crippen LogP contribution < -0.4 is 0 Å². The van der Waals surface area contributed by atoms with Crippen molar-refractivity contribution < 1.29 is 14.6 Å². The molecular formula is C16H11FN2O2. The molecule has 0 spiro atoms. The zero-order chi connectivity index (χ0) is 14.8. The molecule has 104 valence electrons. The zero-order valence-electron chi connectivity index (χ0n) is 10.9. The van der Waals surface area contributed by atoms with Gasteiger partial charge in [0.2, 0.25) is 11.8 Å². The highest BCUT2D eigenvalue weighted by Crippen LogP contribution is 2.36. The minimum absolute atomic E-state index is 0.0784. The lowest BCUT2D eigenvalue weighted by atomic mass is 10.1. The van der Waals surface area contributed by atoms with Crippen LogP contribution in [0.25, 0.3) is 22.5 Å². The van der Waals surface area contributed by atoms with Crippen LogP contribution in [-0.2, 0) is 0 Å². The molecule has 21 heavy (non-hydrogen) atoms. The van der Waals surface area contributed by atoms with E-state index in [1.54, 1.807) is 24.3 Å². The zero-order valence-corrected chi connectivity index (χ0v) is 10.9. The molecule has 0 saturated carbocycles. The summed E-state index contributed by atoms with van der Waals surface area (Å²) in [6.07, 6.45) is 0. The standard InChI is InChI=1S/C16H11FN2O2/c17-12-8-6-10(7-9-12)13-15(20)18-14(19-16(13)21)11-4-2-1-3-5-11/h1-9H,(H2,18,19,20,21). The first-order valence-corrected chi connectivity index (χ1v) is 6.26. The van der Waals surface area contributed by atoms with Crippen LogP contribution in [0.2, 0.25) is 0 Å². The van der Waals surface area contributed by atoms with Gasteiger partial charge in [0.05, 0.1) is 0 Å². The SMILES string of the molecule is Oc1nc(-c2ccccc2)nc(O)c1-c1ccc(F)cc1. The Morgan fingerprint density at radius 1 is 0.714 bits per heavy atom. The Morgan fingerprint density at radius 2 is 1.29 bits per heavy atom. The molecule has 3 aromatic rings. The Bertz CT molecular complexity index is 751. The number of hydrogen-bond acceptors (Lipinski definition) is 4. The highest BCUT2D eigenvalue weighted by atomic mass is 19.1. The van der Waals surface area contributed by atoms with Crippen molar-refractivity contribution in [2.75, 3.05) is 0 Å². The highest BCUT2D eigenvalue weighted by Gasteiger charge is 2.16. The summed E-state index contributed by atoms with van der Waals surface area (Å²) >= 11 is 0. The van der Waals surface area contributed by atoms with Crippen LogP contribution in [0.4, 0.5) is 4.39 Å². The van der Waals surface area contributed by atoms with Crippen LogP contribution in [0.1, 0.15) is 0 Å². The molecule has 0 amide bonds. The lowest BCUT2D eigenvalue weighted by Gasteiger charge is -2.08. The lowest BCUT2D eigenvalue weighted by Crippen LogP contribution is -1.93. The van der Waals surface area contributed by atoms with Gasteiger partial charge in [-0.1, -0.05) is 42.5 Å². The third-order valence-electron chi connectivity index (χ3n) is 3.04. The average Bonchev–Trinajstić information content (AvgIpc) is 2.49. The Hall–Kier alpha value is -2.95. The fourth-order valence-corrected chi connectivity index (χ4v) is 2.03. The fraction of sp³-hybridized carbons (Fsp3) is 0. The van der Waals surface area contributed by atoms with Crippen molar-refractivity contribution >= 4 is 0 Å². The summed E-state index contributed by atoms with van der Waals surface area (Å²) < 4.78 is 12.9. The van der Waals surface area contributed by atoms with Crippen LogP contribution in [0.5, 0.6) is 11.8 Å². The second-order valence-corrected chi connectivity index (χ2v) is 4.44. The number of aromatic nitrogens is 2. The smallest absolute Gasteiger partial charge is 0.226 e. The topological polar surface area (TPSA) is 66.2 Å². The van der Waals surface area contributed by atoms with Crippen molar-refractivity contribution in [3.8, 4) is 34.3 Å². The molecule has 0 saturated heterocycles. The normalized spacial score (nSPS) is 10.5. The molecule has 1 aromatic heterocycles. The van der Waals surface area contributed by atoms with Crippen molar-refractivity contribution in [3.05, 3.63) is 60.4 Å². The van der Waals surface area contributed by atoms with Gasteiger partial charge in [0.1, 0.15) is 11.4 Å². The predicted octanol–water partition coefficient (Wildman–Crippen LogP) is 3.36. The molecule has 1 heterocycles. The second kappa shape index (κ2) is 5.20. The van der Waals surface area contributed by atoms with Crippen LogP contribution in [-0.4, -0.2) is 20.2 Å². The van der Waals surface area contributed by atoms with Gasteiger partial charge in [-0.3, -0.25) is 0 Å². The number of halogens is 1. The van der Waals surface area contributed by atoms with Gasteiger partial charge in [-0.15, -0.1) is 0 Å². The Morgan fingerprint density at radius 3 is 1.86 bits per heavy atom. The fourth-order valence-electron chi connectivity index (χ4n) is 2.03. The molecular weight excluding hydrogens is 271 g/mol. The maximum Gasteiger partial charge on any atom is 0.226 e. The van der Waals surface area contributed by atoms with Gasteiger partial charge in [0, 0.05) is 5.56 Å². The molecule has 0 unspecified atom stereocenters. The molecule has 0 bridgehead atoms. The van der Waals surface area contributed by atoms with Crippen LogP contribution >= 0.6 is 0 Å². The van der Waals surface area contributed by atoms with E-state index >= 15 is 0 Å². The quantitative estimate of drug-likeness (QED) is 0.756. The largest absolute Gasteiger partial charge is 0.493 e. The van der Waals surface area contributed by atoms with Gasteiger partial charge in [0.25, 0.3) is 0 Å². The maximum absolute atomic E-state index is 12.9. The number of aromatic hydroxyl groups is 2. The Labute approximate surface area is 120 Å². The van der Waals surface area contributed by atoms with Gasteiger partial charge >= 0.3 is 0 Å². The van der Waals surface area contributed by atoms with Gasteiger partial charge in [0.15, 0.2) is 5.82 Å². The average molecular weight is 282 g/mol.